The van der Waals surface area contributed by atoms with E-state index in [9.17, 15) is 0 Å². The number of nitrogens with zero attached hydrogens (tertiary/aromatic N) is 2. The molecular weight excluding hydrogens is 741 g/mol. The maximum Gasteiger partial charge on any atom is 0.160 e. The lowest BCUT2D eigenvalue weighted by atomic mass is 9.84. The molecule has 4 heteroatoms. The number of hydrogen-bond acceptors (Lipinski definition) is 3. The Kier molecular flexibility index (Phi) is 10.2. The number of quaternary nitrogens is 1. The first kappa shape index (κ1) is 37.2. The number of benzene rings is 8. The molecule has 1 aliphatic heterocycles. The summed E-state index contributed by atoms with van der Waals surface area (Å²) in [6.07, 6.45) is 1.49. The molecule has 61 heavy (non-hydrogen) atoms. The van der Waals surface area contributed by atoms with Crippen LogP contribution in [0.3, 0.4) is 0 Å². The maximum absolute atomic E-state index is 8.55. The molecule has 0 aliphatic carbocycles. The fourth-order valence-electron chi connectivity index (χ4n) is 8.32. The molecule has 0 unspecified atom stereocenters. The van der Waals surface area contributed by atoms with E-state index >= 15 is 0 Å². The number of hydrogen-bond donors (Lipinski definition) is 2. The second kappa shape index (κ2) is 16.7. The van der Waals surface area contributed by atoms with Crippen LogP contribution < -0.4 is 5.32 Å². The highest BCUT2D eigenvalue weighted by Crippen LogP contribution is 2.39. The lowest BCUT2D eigenvalue weighted by Gasteiger charge is -2.25. The zero-order chi connectivity index (χ0) is 41.0. The van der Waals surface area contributed by atoms with Gasteiger partial charge in [-0.3, -0.25) is 5.32 Å². The van der Waals surface area contributed by atoms with Crippen molar-refractivity contribution in [3.63, 3.8) is 0 Å². The molecule has 0 saturated heterocycles. The van der Waals surface area contributed by atoms with Crippen LogP contribution in [0, 0.1) is 5.41 Å². The van der Waals surface area contributed by atoms with E-state index in [0.717, 1.165) is 89.6 Å². The van der Waals surface area contributed by atoms with Gasteiger partial charge in [-0.25, -0.2) is 9.97 Å². The summed E-state index contributed by atoms with van der Waals surface area (Å²) in [7, 11) is 0. The van der Waals surface area contributed by atoms with Gasteiger partial charge in [-0.05, 0) is 69.8 Å². The molecule has 0 spiro atoms. The van der Waals surface area contributed by atoms with Gasteiger partial charge in [-0.2, -0.15) is 0 Å². The number of allylic oxidation sites excluding steroid dienone is 1. The normalized spacial score (nSPS) is 13.0. The molecule has 2 heterocycles. The van der Waals surface area contributed by atoms with Crippen molar-refractivity contribution < 1.29 is 5.32 Å². The highest BCUT2D eigenvalue weighted by molar-refractivity contribution is 6.18. The Morgan fingerprint density at radius 3 is 1.39 bits per heavy atom. The SMILES string of the molecule is N=CC(=C1[NH2+]C(c2ccccc2)=C(c2ccc(-c3cccc(-c4cc(-c5cccc(-c6ccccc6)c5)nc(-c5ccccc5)n4)c3)cc2)c2ccccc21)c1ccccc1. The highest BCUT2D eigenvalue weighted by Gasteiger charge is 2.31. The van der Waals surface area contributed by atoms with Gasteiger partial charge in [0.05, 0.1) is 22.5 Å². The first-order valence-corrected chi connectivity index (χ1v) is 20.6. The molecule has 3 N–H and O–H groups in total. The van der Waals surface area contributed by atoms with Gasteiger partial charge in [0, 0.05) is 39.6 Å². The van der Waals surface area contributed by atoms with E-state index in [1.54, 1.807) is 0 Å². The summed E-state index contributed by atoms with van der Waals surface area (Å²) in [5.74, 6) is 0.689. The standard InChI is InChI=1S/C57H40N4/c58-38-51(41-19-7-2-8-20-41)56-50-30-14-13-29-49(50)54(55(61-56)43-21-9-3-10-22-43)42-33-31-40(32-34-42)46-26-16-28-48(36-46)53-37-52(59-57(60-53)44-23-11-4-12-24-44)47-27-15-25-45(35-47)39-17-5-1-6-18-39/h1-38,58,61H/p+1. The lowest BCUT2D eigenvalue weighted by Crippen LogP contribution is -2.79. The second-order valence-corrected chi connectivity index (χ2v) is 15.1. The zero-order valence-corrected chi connectivity index (χ0v) is 33.4. The predicted molar refractivity (Wildman–Crippen MR) is 252 cm³/mol. The molecule has 0 bridgehead atoms. The Hall–Kier alpha value is -8.05. The minimum absolute atomic E-state index is 0.689. The van der Waals surface area contributed by atoms with Crippen LogP contribution in [-0.4, -0.2) is 16.2 Å². The fourth-order valence-corrected chi connectivity index (χ4v) is 8.32. The Bertz CT molecular complexity index is 3080. The minimum atomic E-state index is 0.689. The maximum atomic E-state index is 8.55. The van der Waals surface area contributed by atoms with Crippen LogP contribution in [0.15, 0.2) is 224 Å². The third-order valence-corrected chi connectivity index (χ3v) is 11.3. The first-order valence-electron chi connectivity index (χ1n) is 20.6. The molecule has 0 atom stereocenters. The monoisotopic (exact) mass is 781 g/mol. The van der Waals surface area contributed by atoms with Crippen LogP contribution in [0.4, 0.5) is 0 Å². The van der Waals surface area contributed by atoms with Crippen molar-refractivity contribution in [2.75, 3.05) is 0 Å². The summed E-state index contributed by atoms with van der Waals surface area (Å²) in [4.78, 5) is 10.3. The first-order chi connectivity index (χ1) is 30.2. The van der Waals surface area contributed by atoms with Gasteiger partial charge in [-0.1, -0.05) is 188 Å². The predicted octanol–water partition coefficient (Wildman–Crippen LogP) is 12.8. The van der Waals surface area contributed by atoms with Crippen molar-refractivity contribution in [3.05, 3.63) is 252 Å². The van der Waals surface area contributed by atoms with Crippen molar-refractivity contribution in [2.45, 2.75) is 0 Å². The van der Waals surface area contributed by atoms with Crippen molar-refractivity contribution in [1.29, 1.82) is 5.41 Å². The Balaban J connectivity index is 1.05. The van der Waals surface area contributed by atoms with E-state index < -0.39 is 0 Å². The van der Waals surface area contributed by atoms with Gasteiger partial charge in [0.2, 0.25) is 0 Å². The van der Waals surface area contributed by atoms with Crippen molar-refractivity contribution >= 4 is 28.8 Å². The Labute approximate surface area is 356 Å². The summed E-state index contributed by atoms with van der Waals surface area (Å²) in [5, 5.41) is 10.8. The van der Waals surface area contributed by atoms with Crippen LogP contribution in [0.25, 0.3) is 78.7 Å². The molecule has 288 valence electrons. The van der Waals surface area contributed by atoms with Crippen LogP contribution in [0.5, 0.6) is 0 Å². The fraction of sp³-hybridized carbons (Fsp3) is 0. The van der Waals surface area contributed by atoms with E-state index in [2.05, 4.69) is 187 Å². The van der Waals surface area contributed by atoms with Crippen LogP contribution in [-0.2, 0) is 0 Å². The number of nitrogens with one attached hydrogen (secondary N) is 1. The molecule has 0 saturated carbocycles. The van der Waals surface area contributed by atoms with Crippen LogP contribution >= 0.6 is 0 Å². The summed E-state index contributed by atoms with van der Waals surface area (Å²) < 4.78 is 0. The van der Waals surface area contributed by atoms with Gasteiger partial charge in [0.25, 0.3) is 0 Å². The molecule has 10 rings (SSSR count). The van der Waals surface area contributed by atoms with Crippen molar-refractivity contribution in [3.8, 4) is 56.2 Å². The lowest BCUT2D eigenvalue weighted by molar-refractivity contribution is -0.459. The van der Waals surface area contributed by atoms with E-state index in [1.807, 2.05) is 42.5 Å². The topological polar surface area (TPSA) is 66.2 Å². The van der Waals surface area contributed by atoms with Crippen molar-refractivity contribution in [2.24, 2.45) is 0 Å². The van der Waals surface area contributed by atoms with Crippen LogP contribution in [0.2, 0.25) is 0 Å². The molecule has 9 aromatic rings. The smallest absolute Gasteiger partial charge is 0.160 e. The summed E-state index contributed by atoms with van der Waals surface area (Å²) in [6, 6.07) is 78.3. The van der Waals surface area contributed by atoms with Gasteiger partial charge < -0.3 is 5.41 Å². The number of rotatable bonds is 9. The molecule has 4 nitrogen and oxygen atoms in total. The van der Waals surface area contributed by atoms with Gasteiger partial charge in [0.1, 0.15) is 0 Å². The van der Waals surface area contributed by atoms with Gasteiger partial charge in [0.15, 0.2) is 17.2 Å². The van der Waals surface area contributed by atoms with E-state index in [-0.39, 0.29) is 0 Å². The van der Waals surface area contributed by atoms with Crippen LogP contribution in [0.1, 0.15) is 27.8 Å². The quantitative estimate of drug-likeness (QED) is 0.143. The van der Waals surface area contributed by atoms with Gasteiger partial charge in [-0.15, -0.1) is 0 Å². The highest BCUT2D eigenvalue weighted by atomic mass is 14.9. The van der Waals surface area contributed by atoms with E-state index in [1.165, 1.54) is 17.4 Å². The average molecular weight is 782 g/mol. The third-order valence-electron chi connectivity index (χ3n) is 11.3. The molecule has 8 aromatic carbocycles. The molecule has 1 aliphatic rings. The number of aromatic nitrogens is 2. The molecular formula is C57H41N4+. The minimum Gasteiger partial charge on any atom is -0.308 e. The van der Waals surface area contributed by atoms with E-state index in [0.29, 0.717) is 5.82 Å². The largest absolute Gasteiger partial charge is 0.308 e. The second-order valence-electron chi connectivity index (χ2n) is 15.1. The Morgan fingerprint density at radius 2 is 0.820 bits per heavy atom. The molecule has 0 radical (unpaired) electrons. The summed E-state index contributed by atoms with van der Waals surface area (Å²) in [5.41, 5.74) is 19.1. The van der Waals surface area contributed by atoms with Gasteiger partial charge >= 0.3 is 0 Å². The van der Waals surface area contributed by atoms with Crippen molar-refractivity contribution in [1.82, 2.24) is 9.97 Å². The summed E-state index contributed by atoms with van der Waals surface area (Å²) >= 11 is 0. The molecule has 1 aromatic heterocycles. The zero-order valence-electron chi connectivity index (χ0n) is 33.4. The number of fused-ring (bicyclic) bond motifs is 1. The molecule has 0 amide bonds. The summed E-state index contributed by atoms with van der Waals surface area (Å²) in [6.45, 7) is 0. The van der Waals surface area contributed by atoms with E-state index in [4.69, 9.17) is 15.4 Å². The third kappa shape index (κ3) is 7.56. The Morgan fingerprint density at radius 1 is 0.377 bits per heavy atom. The number of nitrogens with two attached hydrogens (primary N) is 1. The average Bonchev–Trinajstić information content (AvgIpc) is 3.35. The molecule has 0 fully saturated rings.